The van der Waals surface area contributed by atoms with E-state index in [9.17, 15) is 5.21 Å². The van der Waals surface area contributed by atoms with Gasteiger partial charge in [-0.15, -0.1) is 0 Å². The molecule has 0 spiro atoms. The van der Waals surface area contributed by atoms with Crippen LogP contribution in [0.5, 0.6) is 0 Å². The molecule has 5 heteroatoms. The summed E-state index contributed by atoms with van der Waals surface area (Å²) in [6, 6.07) is 7.99. The normalized spacial score (nSPS) is 33.5. The molecule has 0 radical (unpaired) electrons. The van der Waals surface area contributed by atoms with Crippen molar-refractivity contribution in [2.75, 3.05) is 32.9 Å². The summed E-state index contributed by atoms with van der Waals surface area (Å²) >= 11 is 0. The number of ether oxygens (including phenoxy) is 3. The molecule has 3 atom stereocenters. The van der Waals surface area contributed by atoms with Crippen LogP contribution < -0.4 is 4.65 Å². The number of hydrogen-bond acceptors (Lipinski definition) is 4. The zero-order valence-electron chi connectivity index (χ0n) is 11.4. The third-order valence-corrected chi connectivity index (χ3v) is 4.05. The Bertz CT molecular complexity index is 480. The summed E-state index contributed by atoms with van der Waals surface area (Å²) in [5, 5.41) is 13.2. The summed E-state index contributed by atoms with van der Waals surface area (Å²) < 4.78 is 15.4. The fourth-order valence-corrected chi connectivity index (χ4v) is 2.68. The molecule has 108 valence electrons. The van der Waals surface area contributed by atoms with Crippen LogP contribution in [0.25, 0.3) is 0 Å². The van der Waals surface area contributed by atoms with E-state index in [2.05, 4.69) is 6.07 Å². The SMILES string of the molecule is [O-][N+](CC1CO1)(CC1CO1)c1cccc(CC2CO2)c1. The summed E-state index contributed by atoms with van der Waals surface area (Å²) in [5.41, 5.74) is 1.99. The van der Waals surface area contributed by atoms with Crippen LogP contribution >= 0.6 is 0 Å². The molecular formula is C15H19NO4. The molecule has 0 amide bonds. The number of nitrogens with zero attached hydrogens (tertiary/aromatic N) is 1. The number of quaternary nitrogens is 1. The van der Waals surface area contributed by atoms with Gasteiger partial charge < -0.3 is 24.1 Å². The molecule has 3 aliphatic heterocycles. The lowest BCUT2D eigenvalue weighted by Gasteiger charge is -2.41. The van der Waals surface area contributed by atoms with Crippen molar-refractivity contribution in [3.05, 3.63) is 35.0 Å². The van der Waals surface area contributed by atoms with Gasteiger partial charge in [0.1, 0.15) is 31.0 Å². The molecule has 5 nitrogen and oxygen atoms in total. The van der Waals surface area contributed by atoms with Crippen LogP contribution in [0.15, 0.2) is 24.3 Å². The fraction of sp³-hybridized carbons (Fsp3) is 0.600. The molecule has 3 unspecified atom stereocenters. The van der Waals surface area contributed by atoms with E-state index in [0.717, 1.165) is 18.7 Å². The lowest BCUT2D eigenvalue weighted by molar-refractivity contribution is 0.278. The first-order valence-corrected chi connectivity index (χ1v) is 7.24. The maximum absolute atomic E-state index is 13.2. The highest BCUT2D eigenvalue weighted by atomic mass is 16.6. The highest BCUT2D eigenvalue weighted by molar-refractivity contribution is 5.47. The third-order valence-electron chi connectivity index (χ3n) is 4.05. The van der Waals surface area contributed by atoms with E-state index in [1.54, 1.807) is 0 Å². The summed E-state index contributed by atoms with van der Waals surface area (Å²) in [6.07, 6.45) is 1.47. The van der Waals surface area contributed by atoms with Gasteiger partial charge in [-0.2, -0.15) is 0 Å². The van der Waals surface area contributed by atoms with E-state index in [4.69, 9.17) is 14.2 Å². The second kappa shape index (κ2) is 4.79. The van der Waals surface area contributed by atoms with Crippen molar-refractivity contribution in [3.8, 4) is 0 Å². The number of rotatable bonds is 7. The van der Waals surface area contributed by atoms with Crippen molar-refractivity contribution >= 4 is 5.69 Å². The molecule has 1 aromatic rings. The maximum Gasteiger partial charge on any atom is 0.133 e. The van der Waals surface area contributed by atoms with Gasteiger partial charge in [-0.3, -0.25) is 0 Å². The molecule has 0 saturated carbocycles. The standard InChI is InChI=1S/C15H19NO4/c17-16(6-14-9-19-14,7-15-10-20-15)12-3-1-2-11(4-12)5-13-8-18-13/h1-4,13-15H,5-10H2. The average molecular weight is 277 g/mol. The molecule has 3 heterocycles. The van der Waals surface area contributed by atoms with Crippen LogP contribution in [0.1, 0.15) is 5.56 Å². The quantitative estimate of drug-likeness (QED) is 0.427. The molecule has 0 aromatic heterocycles. The smallest absolute Gasteiger partial charge is 0.133 e. The van der Waals surface area contributed by atoms with Crippen molar-refractivity contribution in [1.29, 1.82) is 0 Å². The van der Waals surface area contributed by atoms with Crippen LogP contribution in [-0.2, 0) is 20.6 Å². The van der Waals surface area contributed by atoms with E-state index in [0.29, 0.717) is 32.4 Å². The third kappa shape index (κ3) is 3.02. The van der Waals surface area contributed by atoms with Gasteiger partial charge in [0.05, 0.1) is 25.9 Å². The minimum atomic E-state index is -0.339. The first-order valence-electron chi connectivity index (χ1n) is 7.24. The monoisotopic (exact) mass is 277 g/mol. The Labute approximate surface area is 118 Å². The first kappa shape index (κ1) is 12.7. The van der Waals surface area contributed by atoms with Crippen molar-refractivity contribution < 1.29 is 14.2 Å². The predicted octanol–water partition coefficient (Wildman–Crippen LogP) is 1.23. The van der Waals surface area contributed by atoms with Gasteiger partial charge in [-0.25, -0.2) is 0 Å². The molecule has 1 aromatic carbocycles. The molecule has 4 rings (SSSR count). The van der Waals surface area contributed by atoms with Crippen LogP contribution in [0.4, 0.5) is 5.69 Å². The number of hydroxylamine groups is 2. The molecular weight excluding hydrogens is 258 g/mol. The topological polar surface area (TPSA) is 60.6 Å². The Morgan fingerprint density at radius 2 is 1.60 bits per heavy atom. The van der Waals surface area contributed by atoms with Crippen molar-refractivity contribution in [3.63, 3.8) is 0 Å². The molecule has 0 bridgehead atoms. The Morgan fingerprint density at radius 1 is 1.00 bits per heavy atom. The molecule has 3 saturated heterocycles. The van der Waals surface area contributed by atoms with Crippen LogP contribution in [0.3, 0.4) is 0 Å². The van der Waals surface area contributed by atoms with E-state index >= 15 is 0 Å². The molecule has 3 aliphatic rings. The highest BCUT2D eigenvalue weighted by Crippen LogP contribution is 2.30. The first-order chi connectivity index (χ1) is 9.71. The Kier molecular flexibility index (Phi) is 3.05. The van der Waals surface area contributed by atoms with Crippen molar-refractivity contribution in [1.82, 2.24) is 4.65 Å². The van der Waals surface area contributed by atoms with Crippen LogP contribution in [0.2, 0.25) is 0 Å². The lowest BCUT2D eigenvalue weighted by Crippen LogP contribution is -2.48. The Morgan fingerprint density at radius 3 is 2.15 bits per heavy atom. The summed E-state index contributed by atoms with van der Waals surface area (Å²) in [5.74, 6) is 0. The molecule has 20 heavy (non-hydrogen) atoms. The van der Waals surface area contributed by atoms with E-state index < -0.39 is 0 Å². The minimum absolute atomic E-state index is 0.113. The maximum atomic E-state index is 13.2. The van der Waals surface area contributed by atoms with Gasteiger partial charge in [0, 0.05) is 12.5 Å². The van der Waals surface area contributed by atoms with E-state index in [1.807, 2.05) is 18.2 Å². The zero-order valence-corrected chi connectivity index (χ0v) is 11.4. The number of epoxide rings is 3. The van der Waals surface area contributed by atoms with Gasteiger partial charge in [0.2, 0.25) is 0 Å². The number of hydrogen-bond donors (Lipinski definition) is 0. The van der Waals surface area contributed by atoms with Crippen molar-refractivity contribution in [2.24, 2.45) is 0 Å². The molecule has 0 N–H and O–H groups in total. The summed E-state index contributed by atoms with van der Waals surface area (Å²) in [4.78, 5) is 0. The lowest BCUT2D eigenvalue weighted by atomic mass is 10.1. The van der Waals surface area contributed by atoms with Gasteiger partial charge >= 0.3 is 0 Å². The van der Waals surface area contributed by atoms with E-state index in [-0.39, 0.29) is 16.9 Å². The van der Waals surface area contributed by atoms with Crippen LogP contribution in [0, 0.1) is 5.21 Å². The van der Waals surface area contributed by atoms with Gasteiger partial charge in [0.25, 0.3) is 0 Å². The van der Waals surface area contributed by atoms with Gasteiger partial charge in [0.15, 0.2) is 0 Å². The molecule has 0 aliphatic carbocycles. The zero-order chi connectivity index (χ0) is 13.6. The Balaban J connectivity index is 1.56. The highest BCUT2D eigenvalue weighted by Gasteiger charge is 2.38. The average Bonchev–Trinajstić information content (AvgIpc) is 3.22. The minimum Gasteiger partial charge on any atom is -0.627 e. The van der Waals surface area contributed by atoms with Gasteiger partial charge in [-0.1, -0.05) is 12.1 Å². The predicted molar refractivity (Wildman–Crippen MR) is 74.3 cm³/mol. The number of benzene rings is 1. The van der Waals surface area contributed by atoms with Crippen molar-refractivity contribution in [2.45, 2.75) is 24.7 Å². The largest absolute Gasteiger partial charge is 0.627 e. The molecule has 3 fully saturated rings. The fourth-order valence-electron chi connectivity index (χ4n) is 2.68. The van der Waals surface area contributed by atoms with Gasteiger partial charge in [-0.05, 0) is 11.6 Å². The van der Waals surface area contributed by atoms with Crippen LogP contribution in [-0.4, -0.2) is 51.2 Å². The summed E-state index contributed by atoms with van der Waals surface area (Å²) in [6.45, 7) is 3.24. The Hall–Kier alpha value is -0.980. The second-order valence-corrected chi connectivity index (χ2v) is 5.99. The summed E-state index contributed by atoms with van der Waals surface area (Å²) in [7, 11) is 0. The second-order valence-electron chi connectivity index (χ2n) is 5.99. The van der Waals surface area contributed by atoms with E-state index in [1.165, 1.54) is 5.56 Å².